The first-order valence-electron chi connectivity index (χ1n) is 10.7. The van der Waals surface area contributed by atoms with Crippen LogP contribution < -0.4 is 4.90 Å². The Bertz CT molecular complexity index is 1190. The Morgan fingerprint density at radius 1 is 0.903 bits per heavy atom. The number of aromatic nitrogens is 2. The van der Waals surface area contributed by atoms with Gasteiger partial charge in [-0.25, -0.2) is 4.98 Å². The highest BCUT2D eigenvalue weighted by Gasteiger charge is 2.26. The van der Waals surface area contributed by atoms with Crippen molar-refractivity contribution in [3.05, 3.63) is 96.3 Å². The number of nitrogens with zero attached hydrogens (tertiary/aromatic N) is 3. The topological polar surface area (TPSA) is 50.5 Å². The smallest absolute Gasteiger partial charge is 0.255 e. The number of rotatable bonds is 4. The summed E-state index contributed by atoms with van der Waals surface area (Å²) in [6.45, 7) is 4.46. The van der Waals surface area contributed by atoms with Gasteiger partial charge in [-0.15, -0.1) is 0 Å². The highest BCUT2D eigenvalue weighted by atomic mass is 16.2. The van der Waals surface area contributed by atoms with Gasteiger partial charge in [0.05, 0.1) is 43.0 Å². The van der Waals surface area contributed by atoms with Crippen molar-refractivity contribution < 1.29 is 9.69 Å². The molecule has 0 atom stereocenters. The summed E-state index contributed by atoms with van der Waals surface area (Å²) in [6, 6.07) is 24.3. The highest BCUT2D eigenvalue weighted by Crippen LogP contribution is 2.25. The summed E-state index contributed by atoms with van der Waals surface area (Å²) in [6.07, 6.45) is 3.50. The van der Waals surface area contributed by atoms with E-state index in [1.165, 1.54) is 10.5 Å². The molecule has 0 aliphatic carbocycles. The molecular formula is C26H25N4O+. The number of carbonyl (C=O) groups excluding carboxylic acids is 1. The van der Waals surface area contributed by atoms with Gasteiger partial charge in [-0.05, 0) is 24.3 Å². The van der Waals surface area contributed by atoms with Crippen molar-refractivity contribution in [1.82, 2.24) is 14.9 Å². The Morgan fingerprint density at radius 2 is 1.61 bits per heavy atom. The van der Waals surface area contributed by atoms with E-state index in [4.69, 9.17) is 4.98 Å². The van der Waals surface area contributed by atoms with E-state index in [0.717, 1.165) is 60.4 Å². The van der Waals surface area contributed by atoms with Crippen molar-refractivity contribution in [3.63, 3.8) is 0 Å². The van der Waals surface area contributed by atoms with E-state index in [9.17, 15) is 4.79 Å². The van der Waals surface area contributed by atoms with E-state index in [1.54, 1.807) is 12.4 Å². The van der Waals surface area contributed by atoms with Crippen LogP contribution in [0.2, 0.25) is 0 Å². The number of piperazine rings is 1. The van der Waals surface area contributed by atoms with Gasteiger partial charge >= 0.3 is 0 Å². The molecule has 0 radical (unpaired) electrons. The maximum absolute atomic E-state index is 13.5. The van der Waals surface area contributed by atoms with Gasteiger partial charge in [0.1, 0.15) is 6.54 Å². The van der Waals surface area contributed by atoms with E-state index in [2.05, 4.69) is 35.3 Å². The minimum Gasteiger partial charge on any atom is -0.328 e. The SMILES string of the molecule is O=C(c1cc(-c2ccncc2)nc2ccccc12)N1CC[NH+](Cc2ccccc2)CC1. The number of benzene rings is 2. The summed E-state index contributed by atoms with van der Waals surface area (Å²) in [7, 11) is 0. The molecule has 0 saturated carbocycles. The van der Waals surface area contributed by atoms with Crippen molar-refractivity contribution in [2.45, 2.75) is 6.54 Å². The molecule has 154 valence electrons. The van der Waals surface area contributed by atoms with Gasteiger partial charge in [-0.1, -0.05) is 48.5 Å². The third-order valence-electron chi connectivity index (χ3n) is 5.98. The largest absolute Gasteiger partial charge is 0.328 e. The van der Waals surface area contributed by atoms with Gasteiger partial charge in [0.2, 0.25) is 0 Å². The molecule has 3 heterocycles. The lowest BCUT2D eigenvalue weighted by Crippen LogP contribution is -3.13. The molecule has 4 aromatic rings. The first kappa shape index (κ1) is 19.4. The number of pyridine rings is 2. The molecule has 31 heavy (non-hydrogen) atoms. The number of fused-ring (bicyclic) bond motifs is 1. The second kappa shape index (κ2) is 8.66. The molecule has 2 aromatic heterocycles. The Morgan fingerprint density at radius 3 is 2.39 bits per heavy atom. The standard InChI is InChI=1S/C26H24N4O/c31-26(30-16-14-29(15-17-30)19-20-6-2-1-3-7-20)23-18-25(21-10-12-27-13-11-21)28-24-9-5-4-8-22(23)24/h1-13,18H,14-17,19H2/p+1. The fourth-order valence-corrected chi connectivity index (χ4v) is 4.28. The zero-order chi connectivity index (χ0) is 21.0. The fourth-order valence-electron chi connectivity index (χ4n) is 4.28. The zero-order valence-electron chi connectivity index (χ0n) is 17.4. The number of hydrogen-bond donors (Lipinski definition) is 1. The normalized spacial score (nSPS) is 14.6. The van der Waals surface area contributed by atoms with E-state index in [0.29, 0.717) is 0 Å². The third kappa shape index (κ3) is 4.18. The van der Waals surface area contributed by atoms with Gasteiger partial charge in [0, 0.05) is 28.9 Å². The summed E-state index contributed by atoms with van der Waals surface area (Å²) >= 11 is 0. The monoisotopic (exact) mass is 409 g/mol. The average Bonchev–Trinajstić information content (AvgIpc) is 2.84. The first-order valence-corrected chi connectivity index (χ1v) is 10.7. The van der Waals surface area contributed by atoms with Crippen molar-refractivity contribution in [2.75, 3.05) is 26.2 Å². The van der Waals surface area contributed by atoms with Crippen LogP contribution in [0.1, 0.15) is 15.9 Å². The van der Waals surface area contributed by atoms with Crippen LogP contribution in [0.25, 0.3) is 22.2 Å². The van der Waals surface area contributed by atoms with Gasteiger partial charge in [-0.3, -0.25) is 9.78 Å². The molecule has 1 aliphatic heterocycles. The quantitative estimate of drug-likeness (QED) is 0.564. The summed E-state index contributed by atoms with van der Waals surface area (Å²) in [5.41, 5.74) is 4.68. The maximum atomic E-state index is 13.5. The van der Waals surface area contributed by atoms with Crippen LogP contribution in [0, 0.1) is 0 Å². The number of para-hydroxylation sites is 1. The van der Waals surface area contributed by atoms with Crippen LogP contribution in [0.15, 0.2) is 85.2 Å². The Labute approximate surface area is 182 Å². The molecule has 0 bridgehead atoms. The molecular weight excluding hydrogens is 384 g/mol. The number of nitrogens with one attached hydrogen (secondary N) is 1. The lowest BCUT2D eigenvalue weighted by molar-refractivity contribution is -0.917. The Hall–Kier alpha value is -3.57. The number of carbonyl (C=O) groups is 1. The van der Waals surface area contributed by atoms with Crippen LogP contribution in [-0.2, 0) is 6.54 Å². The summed E-state index contributed by atoms with van der Waals surface area (Å²) < 4.78 is 0. The number of quaternary nitrogens is 1. The third-order valence-corrected chi connectivity index (χ3v) is 5.98. The minimum atomic E-state index is 0.0904. The molecule has 5 rings (SSSR count). The Kier molecular flexibility index (Phi) is 5.42. The second-order valence-corrected chi connectivity index (χ2v) is 8.01. The zero-order valence-corrected chi connectivity index (χ0v) is 17.4. The van der Waals surface area contributed by atoms with Gasteiger partial charge in [0.15, 0.2) is 0 Å². The fraction of sp³-hybridized carbons (Fsp3) is 0.192. The number of hydrogen-bond acceptors (Lipinski definition) is 3. The first-order chi connectivity index (χ1) is 15.3. The summed E-state index contributed by atoms with van der Waals surface area (Å²) in [4.78, 5) is 25.9. The van der Waals surface area contributed by atoms with Gasteiger partial charge in [0.25, 0.3) is 5.91 Å². The second-order valence-electron chi connectivity index (χ2n) is 8.01. The molecule has 1 aliphatic rings. The van der Waals surface area contributed by atoms with Crippen molar-refractivity contribution in [3.8, 4) is 11.3 Å². The molecule has 1 saturated heterocycles. The lowest BCUT2D eigenvalue weighted by atomic mass is 10.0. The van der Waals surface area contributed by atoms with E-state index in [-0.39, 0.29) is 5.91 Å². The predicted molar refractivity (Wildman–Crippen MR) is 122 cm³/mol. The molecule has 1 N–H and O–H groups in total. The van der Waals surface area contributed by atoms with E-state index >= 15 is 0 Å². The molecule has 5 heteroatoms. The number of amides is 1. The maximum Gasteiger partial charge on any atom is 0.255 e. The Balaban J connectivity index is 1.38. The van der Waals surface area contributed by atoms with Gasteiger partial charge in [-0.2, -0.15) is 0 Å². The highest BCUT2D eigenvalue weighted by molar-refractivity contribution is 6.07. The van der Waals surface area contributed by atoms with Crippen molar-refractivity contribution >= 4 is 16.8 Å². The predicted octanol–water partition coefficient (Wildman–Crippen LogP) is 2.84. The van der Waals surface area contributed by atoms with E-state index in [1.807, 2.05) is 47.4 Å². The molecule has 1 amide bonds. The summed E-state index contributed by atoms with van der Waals surface area (Å²) in [5, 5.41) is 0.907. The van der Waals surface area contributed by atoms with Crippen molar-refractivity contribution in [1.29, 1.82) is 0 Å². The minimum absolute atomic E-state index is 0.0904. The van der Waals surface area contributed by atoms with Crippen LogP contribution in [0.4, 0.5) is 0 Å². The van der Waals surface area contributed by atoms with E-state index < -0.39 is 0 Å². The molecule has 5 nitrogen and oxygen atoms in total. The van der Waals surface area contributed by atoms with Gasteiger partial charge < -0.3 is 9.80 Å². The van der Waals surface area contributed by atoms with Crippen LogP contribution in [0.3, 0.4) is 0 Å². The average molecular weight is 410 g/mol. The molecule has 1 fully saturated rings. The molecule has 0 spiro atoms. The van der Waals surface area contributed by atoms with Crippen LogP contribution in [-0.4, -0.2) is 47.0 Å². The molecule has 0 unspecified atom stereocenters. The van der Waals surface area contributed by atoms with Crippen molar-refractivity contribution in [2.24, 2.45) is 0 Å². The van der Waals surface area contributed by atoms with Crippen LogP contribution >= 0.6 is 0 Å². The van der Waals surface area contributed by atoms with Crippen LogP contribution in [0.5, 0.6) is 0 Å². The molecule has 2 aromatic carbocycles. The summed E-state index contributed by atoms with van der Waals surface area (Å²) in [5.74, 6) is 0.0904. The lowest BCUT2D eigenvalue weighted by Gasteiger charge is -2.32.